The van der Waals surface area contributed by atoms with Gasteiger partial charge in [-0.2, -0.15) is 0 Å². The molecule has 0 saturated heterocycles. The Kier molecular flexibility index (Phi) is 7.16. The molecule has 0 aliphatic heterocycles. The summed E-state index contributed by atoms with van der Waals surface area (Å²) in [5.74, 6) is -3.32. The van der Waals surface area contributed by atoms with Crippen molar-refractivity contribution in [3.05, 3.63) is 65.0 Å². The second-order valence-electron chi connectivity index (χ2n) is 5.64. The van der Waals surface area contributed by atoms with Crippen molar-refractivity contribution in [2.45, 2.75) is 5.82 Å². The molecule has 0 amide bonds. The first kappa shape index (κ1) is 19.1. The van der Waals surface area contributed by atoms with Gasteiger partial charge >= 0.3 is 0 Å². The molecule has 2 aromatic rings. The van der Waals surface area contributed by atoms with Gasteiger partial charge in [-0.05, 0) is 62.4 Å². The van der Waals surface area contributed by atoms with Gasteiger partial charge in [-0.25, -0.2) is 13.2 Å². The van der Waals surface area contributed by atoms with Gasteiger partial charge in [0.1, 0.15) is 13.6 Å². The Bertz CT molecular complexity index is 606. The zero-order valence-corrected chi connectivity index (χ0v) is 14.0. The Hall–Kier alpha value is -1.95. The average Bonchev–Trinajstić information content (AvgIpc) is 2.51. The summed E-state index contributed by atoms with van der Waals surface area (Å²) >= 11 is 0. The third-order valence-corrected chi connectivity index (χ3v) is 3.12. The first-order chi connectivity index (χ1) is 10.8. The van der Waals surface area contributed by atoms with E-state index in [9.17, 15) is 13.2 Å². The van der Waals surface area contributed by atoms with Crippen LogP contribution in [-0.2, 0) is 0 Å². The Balaban J connectivity index is 0.000000593. The van der Waals surface area contributed by atoms with Crippen LogP contribution in [0.4, 0.5) is 13.2 Å². The Morgan fingerprint density at radius 3 is 1.74 bits per heavy atom. The van der Waals surface area contributed by atoms with E-state index in [1.54, 1.807) is 27.1 Å². The summed E-state index contributed by atoms with van der Waals surface area (Å²) in [5, 5.41) is 0. The van der Waals surface area contributed by atoms with Gasteiger partial charge in [-0.3, -0.25) is 0 Å². The van der Waals surface area contributed by atoms with Crippen molar-refractivity contribution < 1.29 is 17.9 Å². The third-order valence-electron chi connectivity index (χ3n) is 3.12. The molecule has 0 spiro atoms. The molecular formula is C17H21BF3NO. The van der Waals surface area contributed by atoms with E-state index in [-0.39, 0.29) is 5.82 Å². The fourth-order valence-corrected chi connectivity index (χ4v) is 1.91. The molecule has 0 aliphatic carbocycles. The first-order valence-corrected chi connectivity index (χ1v) is 7.15. The molecule has 2 nitrogen and oxygen atoms in total. The molecule has 0 aromatic heterocycles. The van der Waals surface area contributed by atoms with E-state index in [1.807, 2.05) is 38.2 Å². The predicted octanol–water partition coefficient (Wildman–Crippen LogP) is 3.01. The van der Waals surface area contributed by atoms with E-state index < -0.39 is 17.5 Å². The van der Waals surface area contributed by atoms with Crippen LogP contribution < -0.4 is 4.74 Å². The van der Waals surface area contributed by atoms with Gasteiger partial charge in [0.05, 0.1) is 7.11 Å². The Labute approximate surface area is 136 Å². The normalized spacial score (nSPS) is 11.7. The number of methoxy groups -OCH3 is 1. The predicted molar refractivity (Wildman–Crippen MR) is 89.3 cm³/mol. The molecule has 0 radical (unpaired) electrons. The molecule has 0 N–H and O–H groups in total. The van der Waals surface area contributed by atoms with E-state index in [4.69, 9.17) is 4.74 Å². The number of ether oxygens (including phenoxy) is 1. The van der Waals surface area contributed by atoms with Gasteiger partial charge in [0.15, 0.2) is 17.5 Å². The van der Waals surface area contributed by atoms with Gasteiger partial charge in [0.2, 0.25) is 0 Å². The lowest BCUT2D eigenvalue weighted by Gasteiger charge is -2.13. The van der Waals surface area contributed by atoms with Crippen molar-refractivity contribution in [3.8, 4) is 5.75 Å². The molecule has 1 unspecified atom stereocenters. The molecule has 23 heavy (non-hydrogen) atoms. The molecule has 0 fully saturated rings. The van der Waals surface area contributed by atoms with E-state index >= 15 is 0 Å². The smallest absolute Gasteiger partial charge is 0.194 e. The summed E-state index contributed by atoms with van der Waals surface area (Å²) in [7, 11) is 9.36. The van der Waals surface area contributed by atoms with Crippen molar-refractivity contribution in [1.82, 2.24) is 4.90 Å². The van der Waals surface area contributed by atoms with Crippen LogP contribution in [0.15, 0.2) is 36.4 Å². The van der Waals surface area contributed by atoms with Gasteiger partial charge in [-0.15, -0.1) is 0 Å². The highest BCUT2D eigenvalue weighted by molar-refractivity contribution is 6.14. The second-order valence-corrected chi connectivity index (χ2v) is 5.64. The average molecular weight is 323 g/mol. The maximum Gasteiger partial charge on any atom is 0.194 e. The van der Waals surface area contributed by atoms with Crippen molar-refractivity contribution in [1.29, 1.82) is 0 Å². The number of hydrogen-bond donors (Lipinski definition) is 0. The summed E-state index contributed by atoms with van der Waals surface area (Å²) in [6, 6.07) is 9.19. The summed E-state index contributed by atoms with van der Waals surface area (Å²) in [4.78, 5) is 2.00. The Morgan fingerprint density at radius 1 is 0.913 bits per heavy atom. The van der Waals surface area contributed by atoms with Crippen LogP contribution in [0.25, 0.3) is 0 Å². The lowest BCUT2D eigenvalue weighted by atomic mass is 9.76. The van der Waals surface area contributed by atoms with Crippen LogP contribution in [0.2, 0.25) is 0 Å². The van der Waals surface area contributed by atoms with Crippen LogP contribution >= 0.6 is 0 Å². The fourth-order valence-electron chi connectivity index (χ4n) is 1.91. The molecule has 0 bridgehead atoms. The van der Waals surface area contributed by atoms with Crippen molar-refractivity contribution >= 4 is 7.85 Å². The maximum absolute atomic E-state index is 13.2. The summed E-state index contributed by atoms with van der Waals surface area (Å²) in [5.41, 5.74) is 1.26. The number of hydrogen-bond acceptors (Lipinski definition) is 2. The van der Waals surface area contributed by atoms with E-state index in [1.165, 1.54) is 0 Å². The zero-order chi connectivity index (χ0) is 17.6. The molecule has 2 rings (SSSR count). The van der Waals surface area contributed by atoms with Gasteiger partial charge in [0.25, 0.3) is 0 Å². The van der Waals surface area contributed by atoms with E-state index in [0.717, 1.165) is 17.7 Å². The quantitative estimate of drug-likeness (QED) is 0.636. The van der Waals surface area contributed by atoms with Crippen LogP contribution in [0.3, 0.4) is 0 Å². The molecular weight excluding hydrogens is 302 g/mol. The van der Waals surface area contributed by atoms with Gasteiger partial charge in [0, 0.05) is 0 Å². The van der Waals surface area contributed by atoms with Crippen LogP contribution in [0.1, 0.15) is 16.9 Å². The van der Waals surface area contributed by atoms with E-state index in [2.05, 4.69) is 0 Å². The second kappa shape index (κ2) is 8.63. The minimum Gasteiger partial charge on any atom is -0.497 e. The summed E-state index contributed by atoms with van der Waals surface area (Å²) in [6.45, 7) is 0. The minimum absolute atomic E-state index is 0.240. The highest BCUT2D eigenvalue weighted by Crippen LogP contribution is 2.26. The van der Waals surface area contributed by atoms with E-state index in [0.29, 0.717) is 11.3 Å². The van der Waals surface area contributed by atoms with Gasteiger partial charge < -0.3 is 9.64 Å². The summed E-state index contributed by atoms with van der Waals surface area (Å²) < 4.78 is 44.3. The summed E-state index contributed by atoms with van der Waals surface area (Å²) in [6.07, 6.45) is 0. The van der Waals surface area contributed by atoms with Crippen LogP contribution in [0, 0.1) is 17.5 Å². The number of rotatable bonds is 3. The molecule has 6 heteroatoms. The highest BCUT2D eigenvalue weighted by atomic mass is 19.2. The Morgan fingerprint density at radius 2 is 1.35 bits per heavy atom. The van der Waals surface area contributed by atoms with Gasteiger partial charge in [-0.1, -0.05) is 12.1 Å². The minimum atomic E-state index is -1.44. The third kappa shape index (κ3) is 5.64. The largest absolute Gasteiger partial charge is 0.497 e. The first-order valence-electron chi connectivity index (χ1n) is 7.15. The maximum atomic E-state index is 13.2. The van der Waals surface area contributed by atoms with Crippen molar-refractivity contribution in [2.75, 3.05) is 28.3 Å². The fraction of sp³-hybridized carbons (Fsp3) is 0.294. The number of nitrogens with zero attached hydrogens (tertiary/aromatic N) is 1. The number of benzene rings is 2. The molecule has 2 aromatic carbocycles. The molecule has 0 saturated carbocycles. The lowest BCUT2D eigenvalue weighted by Crippen LogP contribution is -2.03. The standard InChI is InChI=1S/C14H12BF3O.C3H9N/c1-19-10-4-2-8(3-5-10)13(15)9-6-11(16)14(18)12(17)7-9;1-4(2)3/h2-7,13H,15H2,1H3;1-3H3. The van der Waals surface area contributed by atoms with Crippen molar-refractivity contribution in [3.63, 3.8) is 0 Å². The van der Waals surface area contributed by atoms with Crippen molar-refractivity contribution in [2.24, 2.45) is 0 Å². The molecule has 1 atom stereocenters. The number of halogens is 3. The monoisotopic (exact) mass is 323 g/mol. The highest BCUT2D eigenvalue weighted by Gasteiger charge is 2.15. The van der Waals surface area contributed by atoms with Crippen LogP contribution in [0.5, 0.6) is 5.75 Å². The molecule has 0 heterocycles. The topological polar surface area (TPSA) is 12.5 Å². The SMILES string of the molecule is BC(c1ccc(OC)cc1)c1cc(F)c(F)c(F)c1.CN(C)C. The van der Waals surface area contributed by atoms with Crippen LogP contribution in [-0.4, -0.2) is 41.0 Å². The lowest BCUT2D eigenvalue weighted by molar-refractivity contribution is 0.414. The zero-order valence-electron chi connectivity index (χ0n) is 14.0. The molecule has 124 valence electrons. The molecule has 0 aliphatic rings.